The zero-order chi connectivity index (χ0) is 28.1. The molecule has 1 aliphatic carbocycles. The number of imidazole rings is 1. The molecule has 4 heterocycles. The van der Waals surface area contributed by atoms with Crippen LogP contribution in [-0.2, 0) is 0 Å². The zero-order valence-electron chi connectivity index (χ0n) is 23.6. The third-order valence-corrected chi connectivity index (χ3v) is 9.00. The summed E-state index contributed by atoms with van der Waals surface area (Å²) in [5.74, 6) is 0.720. The van der Waals surface area contributed by atoms with Gasteiger partial charge in [0.25, 0.3) is 0 Å². The highest BCUT2D eigenvalue weighted by Gasteiger charge is 2.30. The molecule has 0 atom stereocenters. The van der Waals surface area contributed by atoms with Crippen LogP contribution in [-0.4, -0.2) is 73.6 Å². The summed E-state index contributed by atoms with van der Waals surface area (Å²) in [6.07, 6.45) is 8.45. The summed E-state index contributed by atoms with van der Waals surface area (Å²) in [4.78, 5) is 21.7. The van der Waals surface area contributed by atoms with Crippen molar-refractivity contribution in [2.24, 2.45) is 0 Å². The molecule has 2 fully saturated rings. The van der Waals surface area contributed by atoms with Crippen molar-refractivity contribution in [2.75, 3.05) is 44.3 Å². The first kappa shape index (κ1) is 25.9. The van der Waals surface area contributed by atoms with Gasteiger partial charge >= 0.3 is 0 Å². The maximum absolute atomic E-state index is 14.5. The molecule has 2 aromatic carbocycles. The Bertz CT molecular complexity index is 1690. The van der Waals surface area contributed by atoms with E-state index in [0.717, 1.165) is 53.8 Å². The fourth-order valence-corrected chi connectivity index (χ4v) is 6.57. The molecule has 212 valence electrons. The molecule has 0 spiro atoms. The molecule has 10 heteroatoms. The van der Waals surface area contributed by atoms with Gasteiger partial charge < -0.3 is 25.5 Å². The average molecular weight is 554 g/mol. The largest absolute Gasteiger partial charge is 0.383 e. The Hall–Kier alpha value is -4.02. The number of fused-ring (bicyclic) bond motifs is 2. The molecule has 1 saturated heterocycles. The van der Waals surface area contributed by atoms with Gasteiger partial charge in [0.2, 0.25) is 5.95 Å². The van der Waals surface area contributed by atoms with Crippen LogP contribution in [0.25, 0.3) is 33.2 Å². The number of nitrogen functional groups attached to an aromatic ring is 1. The van der Waals surface area contributed by atoms with Gasteiger partial charge in [-0.1, -0.05) is 18.2 Å². The summed E-state index contributed by atoms with van der Waals surface area (Å²) in [5, 5.41) is 4.16. The van der Waals surface area contributed by atoms with Gasteiger partial charge in [0.15, 0.2) is 5.82 Å². The van der Waals surface area contributed by atoms with Crippen molar-refractivity contribution in [3.63, 3.8) is 0 Å². The lowest BCUT2D eigenvalue weighted by Crippen LogP contribution is -2.49. The zero-order valence-corrected chi connectivity index (χ0v) is 23.6. The van der Waals surface area contributed by atoms with Crippen LogP contribution in [0.15, 0.2) is 48.9 Å². The van der Waals surface area contributed by atoms with Gasteiger partial charge in [-0.15, -0.1) is 0 Å². The van der Waals surface area contributed by atoms with E-state index >= 15 is 0 Å². The summed E-state index contributed by atoms with van der Waals surface area (Å²) in [7, 11) is 2.21. The lowest BCUT2D eigenvalue weighted by atomic mass is 9.89. The summed E-state index contributed by atoms with van der Waals surface area (Å²) >= 11 is 0. The number of piperazine rings is 1. The number of aryl methyl sites for hydroxylation is 1. The molecule has 9 nitrogen and oxygen atoms in total. The monoisotopic (exact) mass is 553 g/mol. The minimum absolute atomic E-state index is 0.276. The maximum Gasteiger partial charge on any atom is 0.205 e. The number of hydrogen-bond donors (Lipinski definition) is 3. The van der Waals surface area contributed by atoms with E-state index in [4.69, 9.17) is 5.73 Å². The van der Waals surface area contributed by atoms with Crippen molar-refractivity contribution < 1.29 is 4.39 Å². The normalized spacial score (nSPS) is 20.7. The number of nitrogens with two attached hydrogens (primary N) is 1. The number of benzene rings is 2. The van der Waals surface area contributed by atoms with E-state index in [0.29, 0.717) is 40.4 Å². The Labute approximate surface area is 238 Å². The summed E-state index contributed by atoms with van der Waals surface area (Å²) in [5.41, 5.74) is 11.8. The van der Waals surface area contributed by atoms with E-state index in [1.165, 1.54) is 25.9 Å². The predicted molar refractivity (Wildman–Crippen MR) is 162 cm³/mol. The van der Waals surface area contributed by atoms with Crippen LogP contribution >= 0.6 is 0 Å². The van der Waals surface area contributed by atoms with Gasteiger partial charge in [0.05, 0.1) is 10.9 Å². The summed E-state index contributed by atoms with van der Waals surface area (Å²) in [6.45, 7) is 6.41. The van der Waals surface area contributed by atoms with Crippen LogP contribution in [0.4, 0.5) is 21.8 Å². The second-order valence-corrected chi connectivity index (χ2v) is 11.6. The van der Waals surface area contributed by atoms with Gasteiger partial charge in [-0.25, -0.2) is 19.3 Å². The lowest BCUT2D eigenvalue weighted by molar-refractivity contribution is 0.0828. The quantitative estimate of drug-likeness (QED) is 0.265. The van der Waals surface area contributed by atoms with E-state index in [2.05, 4.69) is 65.0 Å². The number of anilines is 3. The molecule has 41 heavy (non-hydrogen) atoms. The molecule has 0 bridgehead atoms. The smallest absolute Gasteiger partial charge is 0.205 e. The van der Waals surface area contributed by atoms with E-state index in [9.17, 15) is 4.39 Å². The van der Waals surface area contributed by atoms with Gasteiger partial charge in [0.1, 0.15) is 23.3 Å². The van der Waals surface area contributed by atoms with Gasteiger partial charge in [-0.3, -0.25) is 4.90 Å². The fourth-order valence-electron chi connectivity index (χ4n) is 6.57. The highest BCUT2D eigenvalue weighted by Crippen LogP contribution is 2.39. The molecule has 0 radical (unpaired) electrons. The Kier molecular flexibility index (Phi) is 6.59. The van der Waals surface area contributed by atoms with Crippen molar-refractivity contribution in [1.82, 2.24) is 34.3 Å². The molecule has 4 N–H and O–H groups in total. The van der Waals surface area contributed by atoms with E-state index < -0.39 is 0 Å². The van der Waals surface area contributed by atoms with E-state index in [1.807, 2.05) is 18.2 Å². The number of aromatic nitrogens is 5. The van der Waals surface area contributed by atoms with Crippen LogP contribution in [0.5, 0.6) is 0 Å². The molecule has 0 amide bonds. The van der Waals surface area contributed by atoms with Crippen molar-refractivity contribution in [1.29, 1.82) is 0 Å². The minimum Gasteiger partial charge on any atom is -0.383 e. The van der Waals surface area contributed by atoms with Crippen LogP contribution in [0.1, 0.15) is 37.3 Å². The summed E-state index contributed by atoms with van der Waals surface area (Å²) in [6, 6.07) is 12.7. The number of aromatic amines is 1. The van der Waals surface area contributed by atoms with Crippen molar-refractivity contribution in [2.45, 2.75) is 44.7 Å². The first-order valence-electron chi connectivity index (χ1n) is 14.5. The second-order valence-electron chi connectivity index (χ2n) is 11.6. The second kappa shape index (κ2) is 10.4. The molecular weight excluding hydrogens is 517 g/mol. The number of H-pyrrole nitrogens is 1. The van der Waals surface area contributed by atoms with Crippen molar-refractivity contribution in [3.8, 4) is 11.1 Å². The number of nitrogens with one attached hydrogen (secondary N) is 2. The Morgan fingerprint density at radius 3 is 2.44 bits per heavy atom. The SMILES string of the molecule is Cc1ccc2nc(Nc3ccc(-c4cn([C@H]5CC[C@@H](N6CCN(C)CC6)CC5)c5ncnc(N)c45)cc3)[nH]c2c1F. The molecule has 1 saturated carbocycles. The first-order chi connectivity index (χ1) is 19.9. The molecular formula is C31H36FN9. The predicted octanol–water partition coefficient (Wildman–Crippen LogP) is 5.48. The summed E-state index contributed by atoms with van der Waals surface area (Å²) < 4.78 is 16.8. The maximum atomic E-state index is 14.5. The van der Waals surface area contributed by atoms with Gasteiger partial charge in [-0.2, -0.15) is 0 Å². The Morgan fingerprint density at radius 2 is 1.68 bits per heavy atom. The lowest BCUT2D eigenvalue weighted by Gasteiger charge is -2.41. The Morgan fingerprint density at radius 1 is 0.951 bits per heavy atom. The number of hydrogen-bond acceptors (Lipinski definition) is 7. The number of halogens is 1. The molecule has 3 aromatic heterocycles. The van der Waals surface area contributed by atoms with Crippen molar-refractivity contribution >= 4 is 39.5 Å². The molecule has 2 aliphatic rings. The van der Waals surface area contributed by atoms with Crippen LogP contribution in [0.2, 0.25) is 0 Å². The fraction of sp³-hybridized carbons (Fsp3) is 0.387. The highest BCUT2D eigenvalue weighted by molar-refractivity contribution is 6.00. The average Bonchev–Trinajstić information content (AvgIpc) is 3.59. The van der Waals surface area contributed by atoms with Gasteiger partial charge in [-0.05, 0) is 69.0 Å². The number of rotatable bonds is 5. The third-order valence-electron chi connectivity index (χ3n) is 9.00. The molecule has 7 rings (SSSR count). The minimum atomic E-state index is -0.276. The Balaban J connectivity index is 1.12. The number of likely N-dealkylation sites (N-methyl/N-ethyl adjacent to an activating group) is 1. The highest BCUT2D eigenvalue weighted by atomic mass is 19.1. The molecule has 5 aromatic rings. The van der Waals surface area contributed by atoms with Gasteiger partial charge in [0, 0.05) is 55.7 Å². The number of nitrogens with zero attached hydrogens (tertiary/aromatic N) is 6. The third kappa shape index (κ3) is 4.81. The van der Waals surface area contributed by atoms with E-state index in [1.54, 1.807) is 19.3 Å². The van der Waals surface area contributed by atoms with Crippen molar-refractivity contribution in [3.05, 3.63) is 60.3 Å². The van der Waals surface area contributed by atoms with Crippen LogP contribution in [0, 0.1) is 12.7 Å². The van der Waals surface area contributed by atoms with Crippen LogP contribution < -0.4 is 11.1 Å². The molecule has 0 unspecified atom stereocenters. The standard InChI is InChI=1S/C31H36FN9/c1-19-3-12-25-28(27(19)32)38-31(37-25)36-21-6-4-20(5-7-21)24-17-41(30-26(24)29(33)34-18-35-30)23-10-8-22(9-11-23)40-15-13-39(2)14-16-40/h3-7,12,17-18,22-23H,8-11,13-16H2,1-2H3,(H2,33,34,35)(H2,36,37,38)/t22-,23+. The topological polar surface area (TPSA) is 104 Å². The molecule has 1 aliphatic heterocycles. The first-order valence-corrected chi connectivity index (χ1v) is 14.5. The van der Waals surface area contributed by atoms with E-state index in [-0.39, 0.29) is 5.82 Å². The van der Waals surface area contributed by atoms with Crippen LogP contribution in [0.3, 0.4) is 0 Å².